The SMILES string of the molecule is O=C(NCCc1nccn1C(F)F)NCCN1CCCCCC1=O. The molecule has 0 aromatic carbocycles. The number of carbonyl (C=O) groups is 2. The molecule has 134 valence electrons. The summed E-state index contributed by atoms with van der Waals surface area (Å²) in [6, 6.07) is -0.382. The minimum absolute atomic E-state index is 0.133. The van der Waals surface area contributed by atoms with E-state index in [9.17, 15) is 18.4 Å². The number of imidazole rings is 1. The molecule has 1 aromatic rings. The van der Waals surface area contributed by atoms with E-state index < -0.39 is 6.55 Å². The fourth-order valence-electron chi connectivity index (χ4n) is 2.64. The highest BCUT2D eigenvalue weighted by Crippen LogP contribution is 2.12. The molecular formula is C15H23F2N5O2. The van der Waals surface area contributed by atoms with E-state index in [2.05, 4.69) is 15.6 Å². The van der Waals surface area contributed by atoms with E-state index in [1.54, 1.807) is 4.90 Å². The third-order valence-electron chi connectivity index (χ3n) is 3.93. The van der Waals surface area contributed by atoms with Crippen molar-refractivity contribution < 1.29 is 18.4 Å². The maximum atomic E-state index is 12.6. The van der Waals surface area contributed by atoms with Gasteiger partial charge in [0.2, 0.25) is 5.91 Å². The molecule has 0 radical (unpaired) electrons. The molecule has 0 unspecified atom stereocenters. The zero-order valence-electron chi connectivity index (χ0n) is 13.5. The summed E-state index contributed by atoms with van der Waals surface area (Å²) in [6.07, 6.45) is 6.28. The molecule has 1 aliphatic rings. The van der Waals surface area contributed by atoms with E-state index in [1.807, 2.05) is 0 Å². The van der Waals surface area contributed by atoms with Crippen molar-refractivity contribution in [1.29, 1.82) is 0 Å². The van der Waals surface area contributed by atoms with Gasteiger partial charge in [0.1, 0.15) is 5.82 Å². The van der Waals surface area contributed by atoms with Gasteiger partial charge in [-0.25, -0.2) is 9.78 Å². The van der Waals surface area contributed by atoms with E-state index in [1.165, 1.54) is 12.4 Å². The molecule has 2 N–H and O–H groups in total. The monoisotopic (exact) mass is 343 g/mol. The van der Waals surface area contributed by atoms with Gasteiger partial charge in [0.05, 0.1) is 0 Å². The third kappa shape index (κ3) is 5.47. The normalized spacial score (nSPS) is 15.5. The number of aromatic nitrogens is 2. The van der Waals surface area contributed by atoms with E-state index in [4.69, 9.17) is 0 Å². The summed E-state index contributed by atoms with van der Waals surface area (Å²) in [5, 5.41) is 5.27. The summed E-state index contributed by atoms with van der Waals surface area (Å²) in [5.41, 5.74) is 0. The van der Waals surface area contributed by atoms with Gasteiger partial charge >= 0.3 is 12.6 Å². The molecule has 2 heterocycles. The molecule has 0 spiro atoms. The smallest absolute Gasteiger partial charge is 0.319 e. The number of alkyl halides is 2. The highest BCUT2D eigenvalue weighted by Gasteiger charge is 2.16. The van der Waals surface area contributed by atoms with Crippen LogP contribution >= 0.6 is 0 Å². The lowest BCUT2D eigenvalue weighted by Gasteiger charge is -2.20. The average molecular weight is 343 g/mol. The zero-order valence-corrected chi connectivity index (χ0v) is 13.5. The number of likely N-dealkylation sites (tertiary alicyclic amines) is 1. The second-order valence-corrected chi connectivity index (χ2v) is 5.65. The van der Waals surface area contributed by atoms with Gasteiger partial charge in [0.15, 0.2) is 0 Å². The molecule has 0 saturated carbocycles. The highest BCUT2D eigenvalue weighted by atomic mass is 19.3. The predicted octanol–water partition coefficient (Wildman–Crippen LogP) is 1.52. The lowest BCUT2D eigenvalue weighted by atomic mass is 10.2. The van der Waals surface area contributed by atoms with Crippen LogP contribution in [0.15, 0.2) is 12.4 Å². The first-order valence-corrected chi connectivity index (χ1v) is 8.17. The zero-order chi connectivity index (χ0) is 17.4. The van der Waals surface area contributed by atoms with Crippen LogP contribution in [0.1, 0.15) is 38.1 Å². The minimum atomic E-state index is -2.64. The van der Waals surface area contributed by atoms with Gasteiger partial charge in [0.25, 0.3) is 0 Å². The molecule has 3 amide bonds. The van der Waals surface area contributed by atoms with E-state index in [0.29, 0.717) is 19.5 Å². The van der Waals surface area contributed by atoms with E-state index >= 15 is 0 Å². The molecule has 24 heavy (non-hydrogen) atoms. The van der Waals surface area contributed by atoms with Crippen molar-refractivity contribution in [3.8, 4) is 0 Å². The van der Waals surface area contributed by atoms with Crippen LogP contribution in [0.25, 0.3) is 0 Å². The van der Waals surface area contributed by atoms with Crippen molar-refractivity contribution in [1.82, 2.24) is 25.1 Å². The molecule has 1 saturated heterocycles. The molecule has 0 aliphatic carbocycles. The standard InChI is InChI=1S/C15H23F2N5O2/c16-14(17)22-11-8-18-12(22)5-6-19-15(24)20-7-10-21-9-3-1-2-4-13(21)23/h8,11,14H,1-7,9-10H2,(H2,19,20,24). The maximum Gasteiger partial charge on any atom is 0.319 e. The molecular weight excluding hydrogens is 320 g/mol. The van der Waals surface area contributed by atoms with Gasteiger partial charge in [-0.1, -0.05) is 6.42 Å². The van der Waals surface area contributed by atoms with Gasteiger partial charge in [-0.3, -0.25) is 9.36 Å². The summed E-state index contributed by atoms with van der Waals surface area (Å²) in [5.74, 6) is 0.356. The number of carbonyl (C=O) groups excluding carboxylic acids is 2. The first-order valence-electron chi connectivity index (χ1n) is 8.17. The number of nitrogens with one attached hydrogen (secondary N) is 2. The lowest BCUT2D eigenvalue weighted by molar-refractivity contribution is -0.130. The Bertz CT molecular complexity index is 550. The van der Waals surface area contributed by atoms with Crippen molar-refractivity contribution in [3.05, 3.63) is 18.2 Å². The van der Waals surface area contributed by atoms with Crippen LogP contribution in [0.4, 0.5) is 13.6 Å². The maximum absolute atomic E-state index is 12.6. The van der Waals surface area contributed by atoms with Gasteiger partial charge in [-0.2, -0.15) is 8.78 Å². The van der Waals surface area contributed by atoms with Crippen molar-refractivity contribution in [3.63, 3.8) is 0 Å². The Kier molecular flexibility index (Phi) is 6.95. The molecule has 2 rings (SSSR count). The van der Waals surface area contributed by atoms with Crippen LogP contribution in [-0.2, 0) is 11.2 Å². The second-order valence-electron chi connectivity index (χ2n) is 5.65. The van der Waals surface area contributed by atoms with Crippen molar-refractivity contribution in [2.75, 3.05) is 26.2 Å². The van der Waals surface area contributed by atoms with E-state index in [-0.39, 0.29) is 30.7 Å². The van der Waals surface area contributed by atoms with Gasteiger partial charge in [0, 0.05) is 51.4 Å². The number of rotatable bonds is 7. The number of halogens is 2. The number of hydrogen-bond acceptors (Lipinski definition) is 3. The fraction of sp³-hybridized carbons (Fsp3) is 0.667. The van der Waals surface area contributed by atoms with Crippen LogP contribution in [0.3, 0.4) is 0 Å². The summed E-state index contributed by atoms with van der Waals surface area (Å²) >= 11 is 0. The van der Waals surface area contributed by atoms with Crippen LogP contribution in [0.5, 0.6) is 0 Å². The summed E-state index contributed by atoms with van der Waals surface area (Å²) < 4.78 is 26.1. The predicted molar refractivity (Wildman–Crippen MR) is 83.6 cm³/mol. The van der Waals surface area contributed by atoms with Crippen LogP contribution < -0.4 is 10.6 Å². The quantitative estimate of drug-likeness (QED) is 0.788. The Hall–Kier alpha value is -2.19. The van der Waals surface area contributed by atoms with Crippen LogP contribution in [0.2, 0.25) is 0 Å². The second kappa shape index (κ2) is 9.19. The van der Waals surface area contributed by atoms with Gasteiger partial charge in [-0.05, 0) is 12.8 Å². The Morgan fingerprint density at radius 2 is 2.04 bits per heavy atom. The molecule has 0 bridgehead atoms. The Labute approximate surface area is 139 Å². The average Bonchev–Trinajstić information content (AvgIpc) is 2.92. The summed E-state index contributed by atoms with van der Waals surface area (Å²) in [6.45, 7) is -0.843. The third-order valence-corrected chi connectivity index (χ3v) is 3.93. The summed E-state index contributed by atoms with van der Waals surface area (Å²) in [4.78, 5) is 29.1. The van der Waals surface area contributed by atoms with Crippen molar-refractivity contribution in [2.24, 2.45) is 0 Å². The molecule has 1 fully saturated rings. The molecule has 1 aromatic heterocycles. The fourth-order valence-corrected chi connectivity index (χ4v) is 2.64. The first kappa shape index (κ1) is 18.2. The Balaban J connectivity index is 1.63. The van der Waals surface area contributed by atoms with Crippen LogP contribution in [-0.4, -0.2) is 52.6 Å². The topological polar surface area (TPSA) is 79.3 Å². The van der Waals surface area contributed by atoms with Gasteiger partial charge < -0.3 is 15.5 Å². The number of hydrogen-bond donors (Lipinski definition) is 2. The van der Waals surface area contributed by atoms with Gasteiger partial charge in [-0.15, -0.1) is 0 Å². The molecule has 9 heteroatoms. The highest BCUT2D eigenvalue weighted by molar-refractivity contribution is 5.76. The minimum Gasteiger partial charge on any atom is -0.341 e. The molecule has 7 nitrogen and oxygen atoms in total. The van der Waals surface area contributed by atoms with E-state index in [0.717, 1.165) is 30.4 Å². The van der Waals surface area contributed by atoms with Crippen molar-refractivity contribution in [2.45, 2.75) is 38.7 Å². The first-order chi connectivity index (χ1) is 11.6. The Morgan fingerprint density at radius 1 is 1.25 bits per heavy atom. The number of amides is 3. The number of nitrogens with zero attached hydrogens (tertiary/aromatic N) is 3. The van der Waals surface area contributed by atoms with Crippen LogP contribution in [0, 0.1) is 0 Å². The van der Waals surface area contributed by atoms with Crippen molar-refractivity contribution >= 4 is 11.9 Å². The Morgan fingerprint density at radius 3 is 2.83 bits per heavy atom. The lowest BCUT2D eigenvalue weighted by Crippen LogP contribution is -2.42. The number of urea groups is 1. The largest absolute Gasteiger partial charge is 0.341 e. The summed E-state index contributed by atoms with van der Waals surface area (Å²) in [7, 11) is 0. The molecule has 1 aliphatic heterocycles. The molecule has 0 atom stereocenters.